The van der Waals surface area contributed by atoms with E-state index >= 15 is 0 Å². The quantitative estimate of drug-likeness (QED) is 0.780. The van der Waals surface area contributed by atoms with Crippen molar-refractivity contribution < 1.29 is 4.79 Å². The van der Waals surface area contributed by atoms with Crippen molar-refractivity contribution in [1.82, 2.24) is 5.32 Å². The highest BCUT2D eigenvalue weighted by Gasteiger charge is 2.12. The monoisotopic (exact) mass is 238 g/mol. The van der Waals surface area contributed by atoms with E-state index in [2.05, 4.69) is 31.1 Å². The van der Waals surface area contributed by atoms with Crippen LogP contribution >= 0.6 is 12.8 Å². The van der Waals surface area contributed by atoms with E-state index in [1.807, 2.05) is 26.0 Å². The predicted octanol–water partition coefficient (Wildman–Crippen LogP) is 2.94. The minimum atomic E-state index is -0.196. The van der Waals surface area contributed by atoms with Gasteiger partial charge in [-0.05, 0) is 37.5 Å². The molecule has 1 aromatic rings. The summed E-state index contributed by atoms with van der Waals surface area (Å²) in [6.45, 7) is 6.57. The summed E-state index contributed by atoms with van der Waals surface area (Å²) in [4.78, 5) is 11.6. The third-order valence-corrected chi connectivity index (χ3v) is 2.82. The summed E-state index contributed by atoms with van der Waals surface area (Å²) in [7, 11) is 0. The molecule has 0 aliphatic heterocycles. The maximum absolute atomic E-state index is 11.6. The van der Waals surface area contributed by atoms with Gasteiger partial charge in [0.15, 0.2) is 0 Å². The molecule has 88 valence electrons. The molecule has 1 aromatic carbocycles. The topological polar surface area (TPSA) is 32.3 Å². The van der Waals surface area contributed by atoms with E-state index in [1.165, 1.54) is 9.87 Å². The molecular formula is C12H18N2OS. The number of carbonyl (C=O) groups excluding carboxylic acids is 1. The van der Waals surface area contributed by atoms with Crippen molar-refractivity contribution in [1.29, 1.82) is 0 Å². The first-order valence-electron chi connectivity index (χ1n) is 5.46. The molecule has 16 heavy (non-hydrogen) atoms. The number of aryl methyl sites for hydroxylation is 2. The lowest BCUT2D eigenvalue weighted by Crippen LogP contribution is -2.34. The van der Waals surface area contributed by atoms with Crippen LogP contribution in [0.15, 0.2) is 18.2 Å². The van der Waals surface area contributed by atoms with Gasteiger partial charge in [-0.1, -0.05) is 31.9 Å². The number of nitrogens with zero attached hydrogens (tertiary/aromatic N) is 1. The highest BCUT2D eigenvalue weighted by molar-refractivity contribution is 7.82. The van der Waals surface area contributed by atoms with Crippen LogP contribution in [0.4, 0.5) is 10.5 Å². The highest BCUT2D eigenvalue weighted by atomic mass is 32.1. The fourth-order valence-electron chi connectivity index (χ4n) is 1.51. The van der Waals surface area contributed by atoms with Crippen molar-refractivity contribution in [3.63, 3.8) is 0 Å². The minimum Gasteiger partial charge on any atom is -0.337 e. The Hall–Kier alpha value is -1.16. The number of hydrogen-bond acceptors (Lipinski definition) is 2. The summed E-state index contributed by atoms with van der Waals surface area (Å²) in [5.41, 5.74) is 3.14. The van der Waals surface area contributed by atoms with Crippen molar-refractivity contribution in [3.05, 3.63) is 29.3 Å². The predicted molar refractivity (Wildman–Crippen MR) is 71.1 cm³/mol. The van der Waals surface area contributed by atoms with Gasteiger partial charge in [0, 0.05) is 6.54 Å². The van der Waals surface area contributed by atoms with Crippen LogP contribution in [0.3, 0.4) is 0 Å². The fraction of sp³-hybridized carbons (Fsp3) is 0.417. The molecule has 0 aliphatic carbocycles. The number of nitrogens with one attached hydrogen (secondary N) is 1. The zero-order valence-electron chi connectivity index (χ0n) is 9.95. The van der Waals surface area contributed by atoms with Crippen molar-refractivity contribution >= 4 is 24.5 Å². The second-order valence-corrected chi connectivity index (χ2v) is 4.02. The normalized spacial score (nSPS) is 10.0. The maximum Gasteiger partial charge on any atom is 0.331 e. The largest absolute Gasteiger partial charge is 0.337 e. The van der Waals surface area contributed by atoms with Crippen LogP contribution in [0.5, 0.6) is 0 Å². The molecule has 0 saturated heterocycles. The second kappa shape index (κ2) is 5.80. The summed E-state index contributed by atoms with van der Waals surface area (Å²) in [5.74, 6) is 0. The summed E-state index contributed by atoms with van der Waals surface area (Å²) in [6.07, 6.45) is 0.995. The Kier molecular flexibility index (Phi) is 4.68. The molecule has 4 heteroatoms. The van der Waals surface area contributed by atoms with Crippen LogP contribution in [0, 0.1) is 6.92 Å². The number of hydrogen-bond donors (Lipinski definition) is 2. The van der Waals surface area contributed by atoms with E-state index in [0.29, 0.717) is 6.54 Å². The molecule has 3 nitrogen and oxygen atoms in total. The van der Waals surface area contributed by atoms with Crippen LogP contribution < -0.4 is 9.62 Å². The molecule has 1 rings (SSSR count). The Bertz CT molecular complexity index is 379. The van der Waals surface area contributed by atoms with Gasteiger partial charge in [-0.3, -0.25) is 0 Å². The van der Waals surface area contributed by atoms with E-state index < -0.39 is 0 Å². The van der Waals surface area contributed by atoms with Gasteiger partial charge in [0.25, 0.3) is 0 Å². The molecule has 0 unspecified atom stereocenters. The van der Waals surface area contributed by atoms with Crippen LogP contribution in [0.1, 0.15) is 25.0 Å². The Labute approximate surface area is 102 Å². The average molecular weight is 238 g/mol. The minimum absolute atomic E-state index is 0.196. The van der Waals surface area contributed by atoms with E-state index in [1.54, 1.807) is 0 Å². The molecule has 0 saturated carbocycles. The summed E-state index contributed by atoms with van der Waals surface area (Å²) < 4.78 is 1.35. The molecule has 0 atom stereocenters. The number of rotatable bonds is 3. The number of carbonyl (C=O) groups is 1. The molecule has 0 fully saturated rings. The third kappa shape index (κ3) is 2.92. The van der Waals surface area contributed by atoms with Gasteiger partial charge >= 0.3 is 6.03 Å². The van der Waals surface area contributed by atoms with Crippen LogP contribution in [-0.2, 0) is 6.42 Å². The maximum atomic E-state index is 11.6. The molecule has 0 aromatic heterocycles. The average Bonchev–Trinajstić information content (AvgIpc) is 2.28. The lowest BCUT2D eigenvalue weighted by atomic mass is 10.1. The molecule has 0 heterocycles. The summed E-state index contributed by atoms with van der Waals surface area (Å²) >= 11 is 4.20. The van der Waals surface area contributed by atoms with Gasteiger partial charge in [0.05, 0.1) is 5.69 Å². The van der Waals surface area contributed by atoms with E-state index in [0.717, 1.165) is 17.7 Å². The fourth-order valence-corrected chi connectivity index (χ4v) is 1.81. The van der Waals surface area contributed by atoms with Gasteiger partial charge in [0.1, 0.15) is 0 Å². The highest BCUT2D eigenvalue weighted by Crippen LogP contribution is 2.23. The summed E-state index contributed by atoms with van der Waals surface area (Å²) in [6, 6.07) is 5.83. The van der Waals surface area contributed by atoms with E-state index in [9.17, 15) is 4.79 Å². The third-order valence-electron chi connectivity index (χ3n) is 2.42. The Morgan fingerprint density at radius 2 is 2.12 bits per heavy atom. The standard InChI is InChI=1S/C12H18N2OS/c1-4-10-6-7-11(9(3)8-10)14(16)12(15)13-5-2/h6-8,16H,4-5H2,1-3H3,(H,13,15). The van der Waals surface area contributed by atoms with Crippen LogP contribution in [-0.4, -0.2) is 12.6 Å². The van der Waals surface area contributed by atoms with E-state index in [-0.39, 0.29) is 6.03 Å². The molecule has 0 bridgehead atoms. The molecular weight excluding hydrogens is 220 g/mol. The molecule has 0 aliphatic rings. The second-order valence-electron chi connectivity index (χ2n) is 3.62. The van der Waals surface area contributed by atoms with Crippen molar-refractivity contribution in [2.75, 3.05) is 10.8 Å². The Balaban J connectivity index is 2.91. The smallest absolute Gasteiger partial charge is 0.331 e. The van der Waals surface area contributed by atoms with Gasteiger partial charge in [-0.15, -0.1) is 0 Å². The van der Waals surface area contributed by atoms with Gasteiger partial charge in [0.2, 0.25) is 0 Å². The lowest BCUT2D eigenvalue weighted by Gasteiger charge is -2.18. The number of thiol groups is 1. The summed E-state index contributed by atoms with van der Waals surface area (Å²) in [5, 5.41) is 2.71. The molecule has 0 radical (unpaired) electrons. The first-order chi connectivity index (χ1) is 7.60. The number of amides is 2. The van der Waals surface area contributed by atoms with Crippen molar-refractivity contribution in [3.8, 4) is 0 Å². The zero-order chi connectivity index (χ0) is 12.1. The number of urea groups is 1. The lowest BCUT2D eigenvalue weighted by molar-refractivity contribution is 0.250. The first kappa shape index (κ1) is 12.9. The van der Waals surface area contributed by atoms with E-state index in [4.69, 9.17) is 0 Å². The number of benzene rings is 1. The molecule has 1 N–H and O–H groups in total. The van der Waals surface area contributed by atoms with Gasteiger partial charge in [-0.2, -0.15) is 0 Å². The number of anilines is 1. The van der Waals surface area contributed by atoms with Gasteiger partial charge < -0.3 is 5.32 Å². The van der Waals surface area contributed by atoms with Crippen LogP contribution in [0.2, 0.25) is 0 Å². The van der Waals surface area contributed by atoms with Crippen molar-refractivity contribution in [2.24, 2.45) is 0 Å². The molecule has 2 amide bonds. The van der Waals surface area contributed by atoms with Crippen LogP contribution in [0.25, 0.3) is 0 Å². The van der Waals surface area contributed by atoms with Crippen molar-refractivity contribution in [2.45, 2.75) is 27.2 Å². The zero-order valence-corrected chi connectivity index (χ0v) is 10.8. The van der Waals surface area contributed by atoms with Gasteiger partial charge in [-0.25, -0.2) is 9.10 Å². The SMILES string of the molecule is CCNC(=O)N(S)c1ccc(CC)cc1C. The first-order valence-corrected chi connectivity index (χ1v) is 5.86. The molecule has 0 spiro atoms. The Morgan fingerprint density at radius 1 is 1.44 bits per heavy atom. The Morgan fingerprint density at radius 3 is 2.62 bits per heavy atom.